The molecule has 0 aliphatic heterocycles. The summed E-state index contributed by atoms with van der Waals surface area (Å²) < 4.78 is 0.821. The zero-order valence-corrected chi connectivity index (χ0v) is 11.5. The number of carboxylic acids is 1. The molecule has 0 aliphatic rings. The molecule has 0 fully saturated rings. The number of likely N-dealkylation sites (N-methyl/N-ethyl adjacent to an activating group) is 1. The van der Waals surface area contributed by atoms with E-state index in [1.165, 1.54) is 4.90 Å². The highest BCUT2D eigenvalue weighted by Gasteiger charge is 2.12. The van der Waals surface area contributed by atoms with Gasteiger partial charge in [-0.1, -0.05) is 6.92 Å². The van der Waals surface area contributed by atoms with E-state index in [0.29, 0.717) is 12.4 Å². The third kappa shape index (κ3) is 5.24. The van der Waals surface area contributed by atoms with E-state index in [1.54, 1.807) is 25.3 Å². The number of halogens is 1. The van der Waals surface area contributed by atoms with Crippen LogP contribution in [-0.4, -0.2) is 46.5 Å². The Labute approximate surface area is 113 Å². The number of aromatic nitrogens is 1. The molecule has 1 heterocycles. The zero-order chi connectivity index (χ0) is 13.5. The molecule has 0 atom stereocenters. The average molecular weight is 316 g/mol. The molecule has 1 rings (SSSR count). The fourth-order valence-corrected chi connectivity index (χ4v) is 1.54. The molecule has 7 heteroatoms. The number of carboxylic acid groups (broad SMARTS) is 1. The Morgan fingerprint density at radius 3 is 2.67 bits per heavy atom. The minimum absolute atomic E-state index is 0.0283. The maximum atomic E-state index is 11.7. The van der Waals surface area contributed by atoms with Crippen molar-refractivity contribution in [3.8, 4) is 0 Å². The summed E-state index contributed by atoms with van der Waals surface area (Å²) in [6.07, 6.45) is 1.57. The highest BCUT2D eigenvalue weighted by molar-refractivity contribution is 9.10. The molecule has 0 aromatic carbocycles. The third-order valence-electron chi connectivity index (χ3n) is 2.17. The molecule has 1 aromatic rings. The molecule has 0 spiro atoms. The Balaban J connectivity index is 2.49. The molecule has 0 unspecified atom stereocenters. The van der Waals surface area contributed by atoms with Crippen LogP contribution in [0, 0.1) is 0 Å². The monoisotopic (exact) mass is 315 g/mol. The number of carbonyl (C=O) groups excluding carboxylic acids is 1. The van der Waals surface area contributed by atoms with E-state index in [0.717, 1.165) is 4.47 Å². The van der Waals surface area contributed by atoms with Gasteiger partial charge in [-0.25, -0.2) is 4.98 Å². The van der Waals surface area contributed by atoms with Crippen LogP contribution >= 0.6 is 15.9 Å². The van der Waals surface area contributed by atoms with Gasteiger partial charge in [0.2, 0.25) is 5.91 Å². The van der Waals surface area contributed by atoms with Crippen LogP contribution in [0.2, 0.25) is 0 Å². The van der Waals surface area contributed by atoms with Crippen LogP contribution in [0.5, 0.6) is 0 Å². The quantitative estimate of drug-likeness (QED) is 0.824. The Morgan fingerprint density at radius 2 is 2.17 bits per heavy atom. The van der Waals surface area contributed by atoms with Gasteiger partial charge in [0, 0.05) is 10.7 Å². The summed E-state index contributed by atoms with van der Waals surface area (Å²) in [6, 6.07) is 3.42. The molecule has 0 radical (unpaired) electrons. The van der Waals surface area contributed by atoms with Crippen molar-refractivity contribution in [2.24, 2.45) is 0 Å². The number of rotatable bonds is 6. The average Bonchev–Trinajstić information content (AvgIpc) is 2.30. The van der Waals surface area contributed by atoms with E-state index in [9.17, 15) is 9.59 Å². The Morgan fingerprint density at radius 1 is 1.44 bits per heavy atom. The maximum Gasteiger partial charge on any atom is 0.317 e. The number of carbonyl (C=O) groups is 2. The second-order valence-electron chi connectivity index (χ2n) is 3.61. The highest BCUT2D eigenvalue weighted by Crippen LogP contribution is 2.10. The standard InChI is InChI=1S/C11H14BrN3O3/c1-2-15(7-11(17)18)6-10(16)14-9-4-3-8(12)5-13-9/h3-5H,2,6-7H2,1H3,(H,17,18)(H,13,14,16). The second-order valence-corrected chi connectivity index (χ2v) is 4.52. The number of anilines is 1. The molecule has 98 valence electrons. The number of aliphatic carboxylic acids is 1. The van der Waals surface area contributed by atoms with Gasteiger partial charge in [0.05, 0.1) is 13.1 Å². The molecule has 0 saturated heterocycles. The summed E-state index contributed by atoms with van der Waals surface area (Å²) in [5.41, 5.74) is 0. The minimum Gasteiger partial charge on any atom is -0.480 e. The lowest BCUT2D eigenvalue weighted by molar-refractivity contribution is -0.138. The van der Waals surface area contributed by atoms with Crippen molar-refractivity contribution in [3.63, 3.8) is 0 Å². The van der Waals surface area contributed by atoms with Gasteiger partial charge in [0.25, 0.3) is 0 Å². The van der Waals surface area contributed by atoms with Crippen LogP contribution in [-0.2, 0) is 9.59 Å². The highest BCUT2D eigenvalue weighted by atomic mass is 79.9. The molecular formula is C11H14BrN3O3. The number of hydrogen-bond donors (Lipinski definition) is 2. The van der Waals surface area contributed by atoms with E-state index in [-0.39, 0.29) is 19.0 Å². The van der Waals surface area contributed by atoms with E-state index in [1.807, 2.05) is 0 Å². The van der Waals surface area contributed by atoms with Crippen molar-refractivity contribution in [1.82, 2.24) is 9.88 Å². The van der Waals surface area contributed by atoms with E-state index < -0.39 is 5.97 Å². The second kappa shape index (κ2) is 7.07. The number of nitrogens with one attached hydrogen (secondary N) is 1. The van der Waals surface area contributed by atoms with E-state index in [4.69, 9.17) is 5.11 Å². The van der Waals surface area contributed by atoms with Crippen molar-refractivity contribution in [3.05, 3.63) is 22.8 Å². The predicted octanol–water partition coefficient (Wildman–Crippen LogP) is 1.19. The Kier molecular flexibility index (Phi) is 5.73. The molecule has 1 aromatic heterocycles. The molecule has 18 heavy (non-hydrogen) atoms. The first-order chi connectivity index (χ1) is 8.51. The maximum absolute atomic E-state index is 11.7. The van der Waals surface area contributed by atoms with Gasteiger partial charge in [0.15, 0.2) is 0 Å². The molecule has 1 amide bonds. The Hall–Kier alpha value is -1.47. The van der Waals surface area contributed by atoms with Gasteiger partial charge in [-0.3, -0.25) is 14.5 Å². The SMILES string of the molecule is CCN(CC(=O)O)CC(=O)Nc1ccc(Br)cn1. The van der Waals surface area contributed by atoms with Crippen molar-refractivity contribution in [2.45, 2.75) is 6.92 Å². The topological polar surface area (TPSA) is 82.5 Å². The van der Waals surface area contributed by atoms with Crippen LogP contribution in [0.3, 0.4) is 0 Å². The van der Waals surface area contributed by atoms with E-state index in [2.05, 4.69) is 26.2 Å². The van der Waals surface area contributed by atoms with Crippen LogP contribution in [0.1, 0.15) is 6.92 Å². The van der Waals surface area contributed by atoms with Crippen LogP contribution in [0.25, 0.3) is 0 Å². The van der Waals surface area contributed by atoms with Gasteiger partial charge in [-0.05, 0) is 34.6 Å². The fraction of sp³-hybridized carbons (Fsp3) is 0.364. The molecule has 2 N–H and O–H groups in total. The van der Waals surface area contributed by atoms with Gasteiger partial charge >= 0.3 is 5.97 Å². The first kappa shape index (κ1) is 14.6. The number of pyridine rings is 1. The predicted molar refractivity (Wildman–Crippen MR) is 70.3 cm³/mol. The lowest BCUT2D eigenvalue weighted by atomic mass is 10.4. The molecule has 6 nitrogen and oxygen atoms in total. The largest absolute Gasteiger partial charge is 0.480 e. The Bertz CT molecular complexity index is 422. The molecular weight excluding hydrogens is 302 g/mol. The van der Waals surface area contributed by atoms with Gasteiger partial charge in [-0.15, -0.1) is 0 Å². The van der Waals surface area contributed by atoms with Crippen molar-refractivity contribution >= 4 is 33.6 Å². The molecule has 0 aliphatic carbocycles. The normalized spacial score (nSPS) is 10.4. The van der Waals surface area contributed by atoms with Crippen LogP contribution in [0.15, 0.2) is 22.8 Å². The molecule has 0 saturated carbocycles. The van der Waals surface area contributed by atoms with Crippen molar-refractivity contribution in [1.29, 1.82) is 0 Å². The minimum atomic E-state index is -0.952. The zero-order valence-electron chi connectivity index (χ0n) is 9.89. The van der Waals surface area contributed by atoms with Crippen LogP contribution in [0.4, 0.5) is 5.82 Å². The number of hydrogen-bond acceptors (Lipinski definition) is 4. The molecule has 0 bridgehead atoms. The summed E-state index contributed by atoms with van der Waals surface area (Å²) in [4.78, 5) is 27.7. The summed E-state index contributed by atoms with van der Waals surface area (Å²) in [5, 5.41) is 11.3. The van der Waals surface area contributed by atoms with E-state index >= 15 is 0 Å². The van der Waals surface area contributed by atoms with Crippen molar-refractivity contribution < 1.29 is 14.7 Å². The van der Waals surface area contributed by atoms with Gasteiger partial charge in [0.1, 0.15) is 5.82 Å². The lowest BCUT2D eigenvalue weighted by Crippen LogP contribution is -2.36. The summed E-state index contributed by atoms with van der Waals surface area (Å²) in [6.45, 7) is 2.17. The summed E-state index contributed by atoms with van der Waals surface area (Å²) in [7, 11) is 0. The van der Waals surface area contributed by atoms with Gasteiger partial charge < -0.3 is 10.4 Å². The van der Waals surface area contributed by atoms with Crippen molar-refractivity contribution in [2.75, 3.05) is 25.0 Å². The van der Waals surface area contributed by atoms with Crippen LogP contribution < -0.4 is 5.32 Å². The third-order valence-corrected chi connectivity index (χ3v) is 2.64. The summed E-state index contributed by atoms with van der Waals surface area (Å²) in [5.74, 6) is -0.797. The number of amides is 1. The number of nitrogens with zero attached hydrogens (tertiary/aromatic N) is 2. The fourth-order valence-electron chi connectivity index (χ4n) is 1.31. The lowest BCUT2D eigenvalue weighted by Gasteiger charge is -2.16. The summed E-state index contributed by atoms with van der Waals surface area (Å²) >= 11 is 3.24. The first-order valence-electron chi connectivity index (χ1n) is 5.36. The smallest absolute Gasteiger partial charge is 0.317 e. The first-order valence-corrected chi connectivity index (χ1v) is 6.16. The van der Waals surface area contributed by atoms with Gasteiger partial charge in [-0.2, -0.15) is 0 Å².